The highest BCUT2D eigenvalue weighted by Gasteiger charge is 2.24. The van der Waals surface area contributed by atoms with Gasteiger partial charge in [-0.1, -0.05) is 25.0 Å². The molecule has 0 heterocycles. The second-order valence-corrected chi connectivity index (χ2v) is 4.96. The molecule has 1 aromatic carbocycles. The number of rotatable bonds is 4. The molecule has 1 saturated carbocycles. The third-order valence-corrected chi connectivity index (χ3v) is 3.82. The van der Waals surface area contributed by atoms with Crippen LogP contribution in [0.2, 0.25) is 0 Å². The van der Waals surface area contributed by atoms with Crippen LogP contribution in [-0.2, 0) is 0 Å². The molecule has 2 atom stereocenters. The maximum Gasteiger partial charge on any atom is 0.0574 e. The monoisotopic (exact) mass is 234 g/mol. The Labute approximate surface area is 103 Å². The average Bonchev–Trinajstić information content (AvgIpc) is 2.38. The van der Waals surface area contributed by atoms with Gasteiger partial charge in [0, 0.05) is 13.2 Å². The summed E-state index contributed by atoms with van der Waals surface area (Å²) < 4.78 is 0. The van der Waals surface area contributed by atoms with E-state index >= 15 is 0 Å². The highest BCUT2D eigenvalue weighted by atomic mass is 16.3. The summed E-state index contributed by atoms with van der Waals surface area (Å²) >= 11 is 0. The maximum atomic E-state index is 9.36. The normalized spacial score (nSPS) is 24.5. The van der Waals surface area contributed by atoms with Crippen molar-refractivity contribution in [1.82, 2.24) is 0 Å². The van der Waals surface area contributed by atoms with Crippen LogP contribution in [0.15, 0.2) is 24.3 Å². The Kier molecular flexibility index (Phi) is 4.26. The first kappa shape index (κ1) is 12.2. The summed E-state index contributed by atoms with van der Waals surface area (Å²) in [7, 11) is 0. The van der Waals surface area contributed by atoms with Gasteiger partial charge >= 0.3 is 0 Å². The van der Waals surface area contributed by atoms with Crippen LogP contribution in [-0.4, -0.2) is 18.3 Å². The van der Waals surface area contributed by atoms with Gasteiger partial charge in [0.2, 0.25) is 0 Å². The third-order valence-electron chi connectivity index (χ3n) is 3.82. The fourth-order valence-electron chi connectivity index (χ4n) is 2.69. The fourth-order valence-corrected chi connectivity index (χ4v) is 2.69. The SMILES string of the molecule is Nc1ccccc1NCC1CCCCC1CO. The maximum absolute atomic E-state index is 9.36. The third kappa shape index (κ3) is 3.13. The van der Waals surface area contributed by atoms with E-state index in [9.17, 15) is 5.11 Å². The van der Waals surface area contributed by atoms with Crippen LogP contribution >= 0.6 is 0 Å². The first-order chi connectivity index (χ1) is 8.31. The lowest BCUT2D eigenvalue weighted by Gasteiger charge is -2.30. The molecule has 3 nitrogen and oxygen atoms in total. The summed E-state index contributed by atoms with van der Waals surface area (Å²) in [6.45, 7) is 1.23. The molecule has 2 unspecified atom stereocenters. The predicted octanol–water partition coefficient (Wildman–Crippen LogP) is 2.48. The first-order valence-electron chi connectivity index (χ1n) is 6.50. The first-order valence-corrected chi connectivity index (χ1v) is 6.50. The zero-order valence-corrected chi connectivity index (χ0v) is 10.2. The molecule has 94 valence electrons. The molecule has 0 aromatic heterocycles. The summed E-state index contributed by atoms with van der Waals surface area (Å²) in [4.78, 5) is 0. The molecular formula is C14H22N2O. The quantitative estimate of drug-likeness (QED) is 0.701. The zero-order valence-electron chi connectivity index (χ0n) is 10.2. The average molecular weight is 234 g/mol. The molecule has 0 spiro atoms. The topological polar surface area (TPSA) is 58.3 Å². The summed E-state index contributed by atoms with van der Waals surface area (Å²) in [5.74, 6) is 1.04. The number of nitrogens with one attached hydrogen (secondary N) is 1. The Bertz CT molecular complexity index is 354. The predicted molar refractivity (Wildman–Crippen MR) is 71.9 cm³/mol. The molecule has 0 saturated heterocycles. The minimum Gasteiger partial charge on any atom is -0.397 e. The van der Waals surface area contributed by atoms with Crippen LogP contribution in [0.4, 0.5) is 11.4 Å². The number of anilines is 2. The van der Waals surface area contributed by atoms with Crippen LogP contribution < -0.4 is 11.1 Å². The van der Waals surface area contributed by atoms with Crippen LogP contribution in [0, 0.1) is 11.8 Å². The van der Waals surface area contributed by atoms with E-state index in [2.05, 4.69) is 5.32 Å². The number of benzene rings is 1. The van der Waals surface area contributed by atoms with Crippen molar-refractivity contribution in [2.24, 2.45) is 11.8 Å². The Morgan fingerprint density at radius 1 is 1.18 bits per heavy atom. The molecular weight excluding hydrogens is 212 g/mol. The Morgan fingerprint density at radius 3 is 2.59 bits per heavy atom. The Balaban J connectivity index is 1.90. The number of nitrogen functional groups attached to an aromatic ring is 1. The molecule has 0 bridgehead atoms. The molecule has 0 aliphatic heterocycles. The van der Waals surface area contributed by atoms with Gasteiger partial charge in [0.25, 0.3) is 0 Å². The molecule has 0 amide bonds. The van der Waals surface area contributed by atoms with E-state index in [0.717, 1.165) is 24.3 Å². The summed E-state index contributed by atoms with van der Waals surface area (Å²) in [6.07, 6.45) is 4.92. The Hall–Kier alpha value is -1.22. The van der Waals surface area contributed by atoms with E-state index in [4.69, 9.17) is 5.73 Å². The van der Waals surface area contributed by atoms with Crippen molar-refractivity contribution in [3.05, 3.63) is 24.3 Å². The van der Waals surface area contributed by atoms with E-state index in [1.54, 1.807) is 0 Å². The van der Waals surface area contributed by atoms with Crippen LogP contribution in [0.25, 0.3) is 0 Å². The minimum absolute atomic E-state index is 0.316. The zero-order chi connectivity index (χ0) is 12.1. The second kappa shape index (κ2) is 5.92. The van der Waals surface area contributed by atoms with Crippen LogP contribution in [0.3, 0.4) is 0 Å². The number of aliphatic hydroxyl groups excluding tert-OH is 1. The molecule has 0 radical (unpaired) electrons. The van der Waals surface area contributed by atoms with Gasteiger partial charge in [-0.2, -0.15) is 0 Å². The van der Waals surface area contributed by atoms with Crippen molar-refractivity contribution in [3.8, 4) is 0 Å². The fraction of sp³-hybridized carbons (Fsp3) is 0.571. The second-order valence-electron chi connectivity index (χ2n) is 4.96. The molecule has 17 heavy (non-hydrogen) atoms. The summed E-state index contributed by atoms with van der Waals surface area (Å²) in [5, 5.41) is 12.8. The molecule has 3 heteroatoms. The van der Waals surface area contributed by atoms with Gasteiger partial charge in [0.05, 0.1) is 11.4 Å². The number of nitrogens with two attached hydrogens (primary N) is 1. The highest BCUT2D eigenvalue weighted by molar-refractivity contribution is 5.65. The van der Waals surface area contributed by atoms with Crippen molar-refractivity contribution in [3.63, 3.8) is 0 Å². The van der Waals surface area contributed by atoms with Gasteiger partial charge in [0.15, 0.2) is 0 Å². The molecule has 1 aliphatic carbocycles. The number of hydrogen-bond acceptors (Lipinski definition) is 3. The molecule has 1 aromatic rings. The number of para-hydroxylation sites is 2. The van der Waals surface area contributed by atoms with E-state index in [0.29, 0.717) is 18.4 Å². The van der Waals surface area contributed by atoms with E-state index in [-0.39, 0.29) is 0 Å². The van der Waals surface area contributed by atoms with Crippen LogP contribution in [0.1, 0.15) is 25.7 Å². The smallest absolute Gasteiger partial charge is 0.0574 e. The highest BCUT2D eigenvalue weighted by Crippen LogP contribution is 2.30. The molecule has 1 aliphatic rings. The van der Waals surface area contributed by atoms with Crippen LogP contribution in [0.5, 0.6) is 0 Å². The minimum atomic E-state index is 0.316. The van der Waals surface area contributed by atoms with Crippen molar-refractivity contribution >= 4 is 11.4 Å². The van der Waals surface area contributed by atoms with Crippen molar-refractivity contribution in [1.29, 1.82) is 0 Å². The lowest BCUT2D eigenvalue weighted by atomic mass is 9.79. The molecule has 1 fully saturated rings. The number of aliphatic hydroxyl groups is 1. The molecule has 4 N–H and O–H groups in total. The lowest BCUT2D eigenvalue weighted by molar-refractivity contribution is 0.141. The van der Waals surface area contributed by atoms with Gasteiger partial charge in [-0.15, -0.1) is 0 Å². The van der Waals surface area contributed by atoms with Crippen molar-refractivity contribution in [2.45, 2.75) is 25.7 Å². The van der Waals surface area contributed by atoms with E-state index < -0.39 is 0 Å². The van der Waals surface area contributed by atoms with Gasteiger partial charge in [-0.25, -0.2) is 0 Å². The summed E-state index contributed by atoms with van der Waals surface area (Å²) in [5.41, 5.74) is 7.70. The van der Waals surface area contributed by atoms with E-state index in [1.807, 2.05) is 24.3 Å². The van der Waals surface area contributed by atoms with Gasteiger partial charge in [-0.05, 0) is 36.8 Å². The van der Waals surface area contributed by atoms with Gasteiger partial charge in [0.1, 0.15) is 0 Å². The van der Waals surface area contributed by atoms with Crippen molar-refractivity contribution in [2.75, 3.05) is 24.2 Å². The Morgan fingerprint density at radius 2 is 1.88 bits per heavy atom. The standard InChI is InChI=1S/C14H22N2O/c15-13-7-3-4-8-14(13)16-9-11-5-1-2-6-12(11)10-17/h3-4,7-8,11-12,16-17H,1-2,5-6,9-10,15H2. The van der Waals surface area contributed by atoms with E-state index in [1.165, 1.54) is 19.3 Å². The summed E-state index contributed by atoms with van der Waals surface area (Å²) in [6, 6.07) is 7.85. The largest absolute Gasteiger partial charge is 0.397 e. The molecule has 2 rings (SSSR count). The van der Waals surface area contributed by atoms with Crippen molar-refractivity contribution < 1.29 is 5.11 Å². The van der Waals surface area contributed by atoms with Gasteiger partial charge < -0.3 is 16.2 Å². The van der Waals surface area contributed by atoms with Gasteiger partial charge in [-0.3, -0.25) is 0 Å². The number of hydrogen-bond donors (Lipinski definition) is 3. The lowest BCUT2D eigenvalue weighted by Crippen LogP contribution is -2.28.